The number of benzene rings is 2. The predicted molar refractivity (Wildman–Crippen MR) is 103 cm³/mol. The summed E-state index contributed by atoms with van der Waals surface area (Å²) in [6, 6.07) is 18.9. The van der Waals surface area contributed by atoms with E-state index in [1.165, 1.54) is 17.0 Å². The lowest BCUT2D eigenvalue weighted by Gasteiger charge is -2.31. The van der Waals surface area contributed by atoms with Gasteiger partial charge in [0.15, 0.2) is 5.75 Å². The highest BCUT2D eigenvalue weighted by molar-refractivity contribution is 6.30. The van der Waals surface area contributed by atoms with Crippen LogP contribution in [0.25, 0.3) is 0 Å². The number of nitro groups is 1. The first-order chi connectivity index (χ1) is 13.5. The molecule has 28 heavy (non-hydrogen) atoms. The van der Waals surface area contributed by atoms with Gasteiger partial charge in [0.2, 0.25) is 6.10 Å². The molecule has 8 heteroatoms. The maximum atomic E-state index is 13.2. The summed E-state index contributed by atoms with van der Waals surface area (Å²) in [5.74, 6) is -0.288. The van der Waals surface area contributed by atoms with Gasteiger partial charge in [0.05, 0.1) is 6.54 Å². The number of pyridine rings is 1. The quantitative estimate of drug-likeness (QED) is 0.485. The van der Waals surface area contributed by atoms with E-state index in [2.05, 4.69) is 4.98 Å². The largest absolute Gasteiger partial charge is 0.469 e. The Labute approximate surface area is 165 Å². The molecule has 1 aliphatic heterocycles. The minimum absolute atomic E-state index is 0.117. The fraction of sp³-hybridized carbons (Fsp3) is 0.100. The second-order valence-corrected chi connectivity index (χ2v) is 6.65. The lowest BCUT2D eigenvalue weighted by molar-refractivity contribution is -0.389. The molecule has 1 atom stereocenters. The first-order valence-corrected chi connectivity index (χ1v) is 8.83. The van der Waals surface area contributed by atoms with Crippen LogP contribution < -0.4 is 9.64 Å². The zero-order valence-electron chi connectivity index (χ0n) is 14.5. The molecule has 0 aliphatic carbocycles. The Morgan fingerprint density at radius 3 is 2.61 bits per heavy atom. The van der Waals surface area contributed by atoms with Crippen LogP contribution in [0.5, 0.6) is 5.75 Å². The Morgan fingerprint density at radius 1 is 1.11 bits per heavy atom. The summed E-state index contributed by atoms with van der Waals surface area (Å²) in [5.41, 5.74) is 1.46. The van der Waals surface area contributed by atoms with Crippen LogP contribution >= 0.6 is 11.6 Å². The summed E-state index contributed by atoms with van der Waals surface area (Å²) < 4.78 is 5.85. The minimum atomic E-state index is -0.865. The molecular formula is C20H14ClN3O4. The first-order valence-electron chi connectivity index (χ1n) is 8.46. The average molecular weight is 396 g/mol. The molecule has 0 N–H and O–H groups in total. The Morgan fingerprint density at radius 2 is 1.89 bits per heavy atom. The summed E-state index contributed by atoms with van der Waals surface area (Å²) in [5, 5.41) is 11.7. The highest BCUT2D eigenvalue weighted by Gasteiger charge is 2.39. The van der Waals surface area contributed by atoms with Gasteiger partial charge in [-0.25, -0.2) is 0 Å². The molecule has 0 saturated carbocycles. The van der Waals surface area contributed by atoms with Gasteiger partial charge in [0.25, 0.3) is 11.7 Å². The molecule has 0 bridgehead atoms. The van der Waals surface area contributed by atoms with Crippen LogP contribution in [0.1, 0.15) is 17.2 Å². The van der Waals surface area contributed by atoms with E-state index in [-0.39, 0.29) is 24.1 Å². The number of nitrogens with zero attached hydrogens (tertiary/aromatic N) is 3. The van der Waals surface area contributed by atoms with Crippen molar-refractivity contribution >= 4 is 29.1 Å². The molecule has 0 spiro atoms. The van der Waals surface area contributed by atoms with Crippen LogP contribution in [0.15, 0.2) is 66.7 Å². The molecular weight excluding hydrogens is 382 g/mol. The molecule has 4 rings (SSSR count). The maximum Gasteiger partial charge on any atom is 0.366 e. The van der Waals surface area contributed by atoms with E-state index in [9.17, 15) is 14.9 Å². The zero-order chi connectivity index (χ0) is 19.7. The summed E-state index contributed by atoms with van der Waals surface area (Å²) in [6.45, 7) is 0.160. The van der Waals surface area contributed by atoms with Crippen LogP contribution in [0.4, 0.5) is 11.6 Å². The molecule has 2 heterocycles. The van der Waals surface area contributed by atoms with Gasteiger partial charge in [-0.2, -0.15) is 0 Å². The van der Waals surface area contributed by atoms with Gasteiger partial charge in [0, 0.05) is 16.7 Å². The zero-order valence-corrected chi connectivity index (χ0v) is 15.2. The summed E-state index contributed by atoms with van der Waals surface area (Å²) >= 11 is 6.06. The van der Waals surface area contributed by atoms with Crippen molar-refractivity contribution < 1.29 is 14.5 Å². The van der Waals surface area contributed by atoms with Crippen molar-refractivity contribution in [2.75, 3.05) is 4.90 Å². The molecule has 0 saturated heterocycles. The molecule has 1 unspecified atom stereocenters. The summed E-state index contributed by atoms with van der Waals surface area (Å²) in [4.78, 5) is 29.2. The van der Waals surface area contributed by atoms with Crippen molar-refractivity contribution in [3.63, 3.8) is 0 Å². The first kappa shape index (κ1) is 17.9. The Bertz CT molecular complexity index is 1060. The lowest BCUT2D eigenvalue weighted by atomic mass is 10.1. The van der Waals surface area contributed by atoms with Crippen molar-refractivity contribution in [2.24, 2.45) is 0 Å². The standard InChI is InChI=1S/C20H14ClN3O4/c21-15-8-4-5-13(11-15)12-23-19-16(9-10-17(22-19)24(26)27)28-18(20(23)25)14-6-2-1-3-7-14/h1-11,18H,12H2. The molecule has 0 radical (unpaired) electrons. The normalized spacial score (nSPS) is 15.7. The number of hydrogen-bond acceptors (Lipinski definition) is 5. The van der Waals surface area contributed by atoms with Crippen molar-refractivity contribution in [3.8, 4) is 5.75 Å². The molecule has 1 aliphatic rings. The number of anilines is 1. The van der Waals surface area contributed by atoms with E-state index in [1.807, 2.05) is 24.3 Å². The number of hydrogen-bond donors (Lipinski definition) is 0. The number of carbonyl (C=O) groups is 1. The van der Waals surface area contributed by atoms with Gasteiger partial charge in [-0.05, 0) is 33.7 Å². The number of carbonyl (C=O) groups excluding carboxylic acids is 1. The Hall–Kier alpha value is -3.45. The van der Waals surface area contributed by atoms with Gasteiger partial charge in [-0.1, -0.05) is 54.1 Å². The fourth-order valence-corrected chi connectivity index (χ4v) is 3.26. The smallest absolute Gasteiger partial charge is 0.366 e. The van der Waals surface area contributed by atoms with Gasteiger partial charge in [0.1, 0.15) is 0 Å². The molecule has 0 fully saturated rings. The molecule has 140 valence electrons. The van der Waals surface area contributed by atoms with Crippen LogP contribution in [-0.4, -0.2) is 15.8 Å². The third kappa shape index (κ3) is 3.39. The van der Waals surface area contributed by atoms with E-state index >= 15 is 0 Å². The fourth-order valence-electron chi connectivity index (χ4n) is 3.05. The van der Waals surface area contributed by atoms with Crippen LogP contribution in [0.2, 0.25) is 5.02 Å². The number of ether oxygens (including phenoxy) is 1. The third-order valence-electron chi connectivity index (χ3n) is 4.33. The lowest BCUT2D eigenvalue weighted by Crippen LogP contribution is -2.41. The molecule has 1 aromatic heterocycles. The molecule has 1 amide bonds. The van der Waals surface area contributed by atoms with Crippen LogP contribution in [0.3, 0.4) is 0 Å². The van der Waals surface area contributed by atoms with Crippen LogP contribution in [-0.2, 0) is 11.3 Å². The summed E-state index contributed by atoms with van der Waals surface area (Å²) in [7, 11) is 0. The van der Waals surface area contributed by atoms with Crippen molar-refractivity contribution in [3.05, 3.63) is 93.0 Å². The summed E-state index contributed by atoms with van der Waals surface area (Å²) in [6.07, 6.45) is -0.865. The van der Waals surface area contributed by atoms with Gasteiger partial charge >= 0.3 is 5.82 Å². The van der Waals surface area contributed by atoms with Gasteiger partial charge < -0.3 is 14.9 Å². The second kappa shape index (κ2) is 7.28. The number of halogens is 1. The van der Waals surface area contributed by atoms with E-state index in [1.54, 1.807) is 30.3 Å². The van der Waals surface area contributed by atoms with E-state index in [4.69, 9.17) is 16.3 Å². The third-order valence-corrected chi connectivity index (χ3v) is 4.57. The van der Waals surface area contributed by atoms with E-state index in [0.29, 0.717) is 16.3 Å². The average Bonchev–Trinajstić information content (AvgIpc) is 2.70. The van der Waals surface area contributed by atoms with Gasteiger partial charge in [-0.3, -0.25) is 9.69 Å². The monoisotopic (exact) mass is 395 g/mol. The van der Waals surface area contributed by atoms with E-state index in [0.717, 1.165) is 5.56 Å². The maximum absolute atomic E-state index is 13.2. The van der Waals surface area contributed by atoms with Crippen molar-refractivity contribution in [1.82, 2.24) is 4.98 Å². The van der Waals surface area contributed by atoms with Crippen LogP contribution in [0, 0.1) is 10.1 Å². The number of rotatable bonds is 4. The number of fused-ring (bicyclic) bond motifs is 1. The molecule has 2 aromatic carbocycles. The number of aromatic nitrogens is 1. The molecule has 7 nitrogen and oxygen atoms in total. The molecule has 3 aromatic rings. The predicted octanol–water partition coefficient (Wildman–Crippen LogP) is 4.31. The van der Waals surface area contributed by atoms with Crippen molar-refractivity contribution in [1.29, 1.82) is 0 Å². The topological polar surface area (TPSA) is 85.6 Å². The second-order valence-electron chi connectivity index (χ2n) is 6.21. The van der Waals surface area contributed by atoms with E-state index < -0.39 is 11.0 Å². The SMILES string of the molecule is O=C1C(c2ccccc2)Oc2ccc([N+](=O)[O-])nc2N1Cc1cccc(Cl)c1. The van der Waals surface area contributed by atoms with Gasteiger partial charge in [-0.15, -0.1) is 0 Å². The highest BCUT2D eigenvalue weighted by atomic mass is 35.5. The Kier molecular flexibility index (Phi) is 4.67. The number of amides is 1. The Balaban J connectivity index is 1.79. The minimum Gasteiger partial charge on any atom is -0.469 e. The van der Waals surface area contributed by atoms with Crippen molar-refractivity contribution in [2.45, 2.75) is 12.6 Å². The highest BCUT2D eigenvalue weighted by Crippen LogP contribution is 2.39.